The van der Waals surface area contributed by atoms with Crippen molar-refractivity contribution in [2.24, 2.45) is 0 Å². The number of nitrogen functional groups attached to an aromatic ring is 1. The Bertz CT molecular complexity index is 611. The molecule has 0 aliphatic carbocycles. The van der Waals surface area contributed by atoms with Crippen molar-refractivity contribution in [3.05, 3.63) is 74.3 Å². The molecule has 0 radical (unpaired) electrons. The van der Waals surface area contributed by atoms with E-state index in [0.717, 1.165) is 0 Å². The van der Waals surface area contributed by atoms with Gasteiger partial charge in [0.25, 0.3) is 11.4 Å². The molecule has 0 amide bonds. The Morgan fingerprint density at radius 2 is 1.45 bits per heavy atom. The summed E-state index contributed by atoms with van der Waals surface area (Å²) >= 11 is 0. The highest BCUT2D eigenvalue weighted by atomic mass is 16.6. The number of para-hydroxylation sites is 1. The summed E-state index contributed by atoms with van der Waals surface area (Å²) in [5.41, 5.74) is 6.79. The zero-order valence-electron chi connectivity index (χ0n) is 10.7. The first-order valence-electron chi connectivity index (χ1n) is 5.61. The molecule has 2 N–H and O–H groups in total. The summed E-state index contributed by atoms with van der Waals surface area (Å²) < 4.78 is 0. The Balaban J connectivity index is 0.000000200. The van der Waals surface area contributed by atoms with E-state index in [1.54, 1.807) is 25.1 Å². The summed E-state index contributed by atoms with van der Waals surface area (Å²) in [5.74, 6) is 0. The number of nitrogens with two attached hydrogens (primary N) is 1. The van der Waals surface area contributed by atoms with Gasteiger partial charge < -0.3 is 5.73 Å². The van der Waals surface area contributed by atoms with Crippen LogP contribution in [0.1, 0.15) is 5.56 Å². The van der Waals surface area contributed by atoms with Crippen LogP contribution in [0, 0.1) is 27.2 Å². The zero-order chi connectivity index (χ0) is 15.1. The van der Waals surface area contributed by atoms with Crippen LogP contribution in [0.2, 0.25) is 0 Å². The van der Waals surface area contributed by atoms with Crippen LogP contribution >= 0.6 is 0 Å². The highest BCUT2D eigenvalue weighted by Gasteiger charge is 2.06. The molecule has 2 rings (SSSR count). The first-order valence-corrected chi connectivity index (χ1v) is 5.61. The Labute approximate surface area is 115 Å². The van der Waals surface area contributed by atoms with Gasteiger partial charge in [0.1, 0.15) is 0 Å². The molecule has 0 spiro atoms. The second kappa shape index (κ2) is 6.83. The molecule has 0 aromatic heterocycles. The third kappa shape index (κ3) is 4.37. The molecule has 104 valence electrons. The number of nitro benzene ring substituents is 2. The number of nitro groups is 2. The first kappa shape index (κ1) is 15.1. The van der Waals surface area contributed by atoms with Crippen molar-refractivity contribution in [1.29, 1.82) is 0 Å². The van der Waals surface area contributed by atoms with Crippen molar-refractivity contribution in [3.8, 4) is 0 Å². The van der Waals surface area contributed by atoms with Crippen LogP contribution in [0.5, 0.6) is 0 Å². The van der Waals surface area contributed by atoms with E-state index in [4.69, 9.17) is 5.73 Å². The number of non-ortho nitro benzene ring substituents is 1. The minimum absolute atomic E-state index is 0.0641. The van der Waals surface area contributed by atoms with E-state index in [1.165, 1.54) is 30.3 Å². The fourth-order valence-electron chi connectivity index (χ4n) is 1.36. The zero-order valence-corrected chi connectivity index (χ0v) is 10.7. The smallest absolute Gasteiger partial charge is 0.272 e. The SMILES string of the molecule is Cc1ccccc1[N+](=O)[O-].Nc1ccc([N+](=O)[O-])cc1. The molecule has 0 saturated heterocycles. The summed E-state index contributed by atoms with van der Waals surface area (Å²) in [7, 11) is 0. The monoisotopic (exact) mass is 275 g/mol. The van der Waals surface area contributed by atoms with Crippen LogP contribution in [0.4, 0.5) is 17.1 Å². The van der Waals surface area contributed by atoms with Gasteiger partial charge in [-0.2, -0.15) is 0 Å². The van der Waals surface area contributed by atoms with E-state index in [0.29, 0.717) is 11.3 Å². The topological polar surface area (TPSA) is 112 Å². The molecule has 2 aromatic carbocycles. The van der Waals surface area contributed by atoms with Gasteiger partial charge in [0.05, 0.1) is 9.85 Å². The number of aryl methyl sites for hydroxylation is 1. The minimum Gasteiger partial charge on any atom is -0.399 e. The standard InChI is InChI=1S/C7H7NO2.C6H6N2O2/c1-6-4-2-3-5-7(6)8(9)10;7-5-1-3-6(4-2-5)8(9)10/h2-5H,1H3;1-4H,7H2. The van der Waals surface area contributed by atoms with Gasteiger partial charge in [-0.3, -0.25) is 20.2 Å². The van der Waals surface area contributed by atoms with Crippen molar-refractivity contribution in [2.75, 3.05) is 5.73 Å². The van der Waals surface area contributed by atoms with Gasteiger partial charge in [0, 0.05) is 29.4 Å². The van der Waals surface area contributed by atoms with Gasteiger partial charge in [-0.25, -0.2) is 0 Å². The highest BCUT2D eigenvalue weighted by Crippen LogP contribution is 2.15. The van der Waals surface area contributed by atoms with Crippen molar-refractivity contribution in [3.63, 3.8) is 0 Å². The average Bonchev–Trinajstić information content (AvgIpc) is 2.40. The molecule has 0 saturated carbocycles. The number of benzene rings is 2. The maximum atomic E-state index is 10.2. The van der Waals surface area contributed by atoms with Crippen LogP contribution in [-0.2, 0) is 0 Å². The molecule has 0 unspecified atom stereocenters. The van der Waals surface area contributed by atoms with Crippen LogP contribution in [-0.4, -0.2) is 9.85 Å². The van der Waals surface area contributed by atoms with Gasteiger partial charge in [0.2, 0.25) is 0 Å². The molecule has 0 bridgehead atoms. The Morgan fingerprint density at radius 1 is 0.900 bits per heavy atom. The van der Waals surface area contributed by atoms with Crippen molar-refractivity contribution in [2.45, 2.75) is 6.92 Å². The van der Waals surface area contributed by atoms with Gasteiger partial charge in [-0.05, 0) is 19.1 Å². The predicted octanol–water partition coefficient (Wildman–Crippen LogP) is 3.08. The second-order valence-corrected chi connectivity index (χ2v) is 3.89. The predicted molar refractivity (Wildman–Crippen MR) is 75.3 cm³/mol. The lowest BCUT2D eigenvalue weighted by Gasteiger charge is -1.92. The van der Waals surface area contributed by atoms with Gasteiger partial charge in [0.15, 0.2) is 0 Å². The van der Waals surface area contributed by atoms with E-state index in [1.807, 2.05) is 0 Å². The van der Waals surface area contributed by atoms with Crippen LogP contribution < -0.4 is 5.73 Å². The maximum absolute atomic E-state index is 10.2. The lowest BCUT2D eigenvalue weighted by atomic mass is 10.2. The molecule has 7 nitrogen and oxygen atoms in total. The third-order valence-corrected chi connectivity index (χ3v) is 2.42. The number of rotatable bonds is 2. The fraction of sp³-hybridized carbons (Fsp3) is 0.0769. The van der Waals surface area contributed by atoms with E-state index in [-0.39, 0.29) is 16.3 Å². The van der Waals surface area contributed by atoms with E-state index in [9.17, 15) is 20.2 Å². The molecule has 0 atom stereocenters. The molecule has 0 aliphatic heterocycles. The number of hydrogen-bond donors (Lipinski definition) is 1. The molecule has 2 aromatic rings. The lowest BCUT2D eigenvalue weighted by Crippen LogP contribution is -1.89. The van der Waals surface area contributed by atoms with Gasteiger partial charge in [-0.15, -0.1) is 0 Å². The van der Waals surface area contributed by atoms with Crippen LogP contribution in [0.25, 0.3) is 0 Å². The summed E-state index contributed by atoms with van der Waals surface area (Å²) in [4.78, 5) is 19.5. The average molecular weight is 275 g/mol. The normalized spacial score (nSPS) is 9.25. The molecular weight excluding hydrogens is 262 g/mol. The first-order chi connectivity index (χ1) is 9.41. The minimum atomic E-state index is -0.459. The van der Waals surface area contributed by atoms with E-state index in [2.05, 4.69) is 0 Å². The summed E-state index contributed by atoms with van der Waals surface area (Å²) in [6.07, 6.45) is 0. The van der Waals surface area contributed by atoms with Crippen molar-refractivity contribution in [1.82, 2.24) is 0 Å². The van der Waals surface area contributed by atoms with Crippen molar-refractivity contribution < 1.29 is 9.85 Å². The maximum Gasteiger partial charge on any atom is 0.272 e. The largest absolute Gasteiger partial charge is 0.399 e. The van der Waals surface area contributed by atoms with Crippen molar-refractivity contribution >= 4 is 17.1 Å². The molecule has 0 heterocycles. The fourth-order valence-corrected chi connectivity index (χ4v) is 1.36. The van der Waals surface area contributed by atoms with Crippen LogP contribution in [0.3, 0.4) is 0 Å². The quantitative estimate of drug-likeness (QED) is 0.514. The summed E-state index contributed by atoms with van der Waals surface area (Å²) in [6.45, 7) is 1.72. The highest BCUT2D eigenvalue weighted by molar-refractivity contribution is 5.44. The summed E-state index contributed by atoms with van der Waals surface area (Å²) in [6, 6.07) is 12.4. The number of hydrogen-bond acceptors (Lipinski definition) is 5. The Hall–Kier alpha value is -2.96. The third-order valence-electron chi connectivity index (χ3n) is 2.42. The Morgan fingerprint density at radius 3 is 1.85 bits per heavy atom. The molecule has 7 heteroatoms. The molecule has 0 aliphatic rings. The number of anilines is 1. The van der Waals surface area contributed by atoms with E-state index < -0.39 is 4.92 Å². The van der Waals surface area contributed by atoms with Gasteiger partial charge >= 0.3 is 0 Å². The Kier molecular flexibility index (Phi) is 5.16. The summed E-state index contributed by atoms with van der Waals surface area (Å²) in [5, 5.41) is 20.3. The van der Waals surface area contributed by atoms with Crippen LogP contribution in [0.15, 0.2) is 48.5 Å². The van der Waals surface area contributed by atoms with Gasteiger partial charge in [-0.1, -0.05) is 18.2 Å². The molecule has 20 heavy (non-hydrogen) atoms. The second-order valence-electron chi connectivity index (χ2n) is 3.89. The number of nitrogens with zero attached hydrogens (tertiary/aromatic N) is 2. The molecular formula is C13H13N3O4. The molecule has 0 fully saturated rings. The van der Waals surface area contributed by atoms with E-state index >= 15 is 0 Å². The lowest BCUT2D eigenvalue weighted by molar-refractivity contribution is -0.385.